The highest BCUT2D eigenvalue weighted by Crippen LogP contribution is 2.16. The summed E-state index contributed by atoms with van der Waals surface area (Å²) in [5.41, 5.74) is 2.26. The SMILES string of the molecule is O=[C]c1ccc2nn(-c3cccnc3)cc2c1. The van der Waals surface area contributed by atoms with Gasteiger partial charge in [-0.25, -0.2) is 4.68 Å². The highest BCUT2D eigenvalue weighted by atomic mass is 16.1. The second-order valence-corrected chi connectivity index (χ2v) is 3.66. The van der Waals surface area contributed by atoms with Crippen molar-refractivity contribution in [2.45, 2.75) is 0 Å². The van der Waals surface area contributed by atoms with Crippen LogP contribution in [0.5, 0.6) is 0 Å². The molecule has 0 saturated heterocycles. The molecule has 0 spiro atoms. The first-order valence-corrected chi connectivity index (χ1v) is 5.15. The van der Waals surface area contributed by atoms with Crippen LogP contribution >= 0.6 is 0 Å². The Kier molecular flexibility index (Phi) is 2.19. The second kappa shape index (κ2) is 3.83. The topological polar surface area (TPSA) is 47.8 Å². The molecule has 1 radical (unpaired) electrons. The van der Waals surface area contributed by atoms with E-state index in [4.69, 9.17) is 0 Å². The minimum atomic E-state index is 0.531. The maximum atomic E-state index is 10.6. The van der Waals surface area contributed by atoms with Crippen LogP contribution in [0.3, 0.4) is 0 Å². The summed E-state index contributed by atoms with van der Waals surface area (Å²) in [6.07, 6.45) is 7.19. The van der Waals surface area contributed by atoms with Crippen molar-refractivity contribution in [2.75, 3.05) is 0 Å². The van der Waals surface area contributed by atoms with E-state index < -0.39 is 0 Å². The number of hydrogen-bond donors (Lipinski definition) is 0. The van der Waals surface area contributed by atoms with E-state index in [9.17, 15) is 4.79 Å². The van der Waals surface area contributed by atoms with E-state index in [1.54, 1.807) is 29.2 Å². The van der Waals surface area contributed by atoms with E-state index in [1.807, 2.05) is 30.7 Å². The number of hydrogen-bond acceptors (Lipinski definition) is 3. The molecule has 3 rings (SSSR count). The summed E-state index contributed by atoms with van der Waals surface area (Å²) >= 11 is 0. The number of pyridine rings is 1. The van der Waals surface area contributed by atoms with Crippen molar-refractivity contribution in [1.29, 1.82) is 0 Å². The summed E-state index contributed by atoms with van der Waals surface area (Å²) in [6.45, 7) is 0. The van der Waals surface area contributed by atoms with Crippen LogP contribution in [0, 0.1) is 0 Å². The monoisotopic (exact) mass is 222 g/mol. The molecule has 4 heteroatoms. The van der Waals surface area contributed by atoms with Gasteiger partial charge >= 0.3 is 0 Å². The minimum Gasteiger partial charge on any atom is -0.285 e. The number of nitrogens with zero attached hydrogens (tertiary/aromatic N) is 3. The first-order valence-electron chi connectivity index (χ1n) is 5.15. The summed E-state index contributed by atoms with van der Waals surface area (Å²) in [6, 6.07) is 9.05. The Labute approximate surface area is 97.5 Å². The van der Waals surface area contributed by atoms with Crippen LogP contribution in [0.15, 0.2) is 48.9 Å². The van der Waals surface area contributed by atoms with Crippen molar-refractivity contribution in [3.63, 3.8) is 0 Å². The van der Waals surface area contributed by atoms with Crippen molar-refractivity contribution < 1.29 is 4.79 Å². The van der Waals surface area contributed by atoms with Crippen LogP contribution < -0.4 is 0 Å². The molecule has 3 aromatic rings. The molecule has 17 heavy (non-hydrogen) atoms. The van der Waals surface area contributed by atoms with E-state index >= 15 is 0 Å². The van der Waals surface area contributed by atoms with Crippen LogP contribution in [0.4, 0.5) is 0 Å². The third-order valence-electron chi connectivity index (χ3n) is 2.53. The highest BCUT2D eigenvalue weighted by molar-refractivity contribution is 5.86. The van der Waals surface area contributed by atoms with Crippen LogP contribution in [0.1, 0.15) is 5.56 Å². The fourth-order valence-electron chi connectivity index (χ4n) is 1.71. The van der Waals surface area contributed by atoms with Gasteiger partial charge in [0.1, 0.15) is 0 Å². The molecule has 0 aliphatic heterocycles. The zero-order chi connectivity index (χ0) is 11.7. The lowest BCUT2D eigenvalue weighted by Gasteiger charge is -1.97. The van der Waals surface area contributed by atoms with Crippen LogP contribution in [0.2, 0.25) is 0 Å². The number of fused-ring (bicyclic) bond motifs is 1. The maximum absolute atomic E-state index is 10.6. The summed E-state index contributed by atoms with van der Waals surface area (Å²) in [5, 5.41) is 5.32. The Bertz CT molecular complexity index is 673. The first-order chi connectivity index (χ1) is 8.36. The predicted octanol–water partition coefficient (Wildman–Crippen LogP) is 1.88. The van der Waals surface area contributed by atoms with Crippen LogP contribution in [-0.2, 0) is 4.79 Å². The minimum absolute atomic E-state index is 0.531. The quantitative estimate of drug-likeness (QED) is 0.665. The standard InChI is InChI=1S/C13H8N3O/c17-9-10-3-4-13-11(6-10)8-16(15-13)12-2-1-5-14-7-12/h1-8H. The average Bonchev–Trinajstić information content (AvgIpc) is 2.82. The van der Waals surface area contributed by atoms with E-state index in [1.165, 1.54) is 0 Å². The average molecular weight is 222 g/mol. The highest BCUT2D eigenvalue weighted by Gasteiger charge is 2.03. The van der Waals surface area contributed by atoms with Gasteiger partial charge in [-0.2, -0.15) is 5.10 Å². The van der Waals surface area contributed by atoms with Crippen molar-refractivity contribution in [3.05, 3.63) is 54.5 Å². The molecule has 0 N–H and O–H groups in total. The van der Waals surface area contributed by atoms with Crippen molar-refractivity contribution in [1.82, 2.24) is 14.8 Å². The Hall–Kier alpha value is -2.49. The lowest BCUT2D eigenvalue weighted by molar-refractivity contribution is 0.563. The van der Waals surface area contributed by atoms with Gasteiger partial charge in [-0.15, -0.1) is 0 Å². The second-order valence-electron chi connectivity index (χ2n) is 3.66. The van der Waals surface area contributed by atoms with Crippen molar-refractivity contribution in [3.8, 4) is 5.69 Å². The van der Waals surface area contributed by atoms with Gasteiger partial charge in [-0.1, -0.05) is 0 Å². The van der Waals surface area contributed by atoms with Gasteiger partial charge in [-0.05, 0) is 30.3 Å². The van der Waals surface area contributed by atoms with Gasteiger partial charge in [0.25, 0.3) is 0 Å². The smallest absolute Gasteiger partial charge is 0.233 e. The van der Waals surface area contributed by atoms with Crippen LogP contribution in [0.25, 0.3) is 16.6 Å². The molecule has 0 saturated carbocycles. The fourth-order valence-corrected chi connectivity index (χ4v) is 1.71. The lowest BCUT2D eigenvalue weighted by Crippen LogP contribution is -1.93. The Morgan fingerprint density at radius 1 is 1.24 bits per heavy atom. The molecule has 0 fully saturated rings. The molecule has 0 atom stereocenters. The molecule has 81 valence electrons. The molecule has 0 aliphatic rings. The van der Waals surface area contributed by atoms with Gasteiger partial charge in [0.2, 0.25) is 6.29 Å². The van der Waals surface area contributed by atoms with Gasteiger partial charge in [0.05, 0.1) is 17.4 Å². The number of carbonyl (C=O) groups excluding carboxylic acids is 1. The maximum Gasteiger partial charge on any atom is 0.233 e. The number of rotatable bonds is 2. The molecule has 0 aliphatic carbocycles. The van der Waals surface area contributed by atoms with Crippen molar-refractivity contribution in [2.24, 2.45) is 0 Å². The largest absolute Gasteiger partial charge is 0.285 e. The Morgan fingerprint density at radius 2 is 2.18 bits per heavy atom. The van der Waals surface area contributed by atoms with Gasteiger partial charge in [-0.3, -0.25) is 9.78 Å². The van der Waals surface area contributed by atoms with Crippen LogP contribution in [-0.4, -0.2) is 21.1 Å². The normalized spacial score (nSPS) is 10.6. The fraction of sp³-hybridized carbons (Fsp3) is 0. The third-order valence-corrected chi connectivity index (χ3v) is 2.53. The zero-order valence-corrected chi connectivity index (χ0v) is 8.87. The molecule has 0 unspecified atom stereocenters. The Balaban J connectivity index is 2.17. The summed E-state index contributed by atoms with van der Waals surface area (Å²) in [4.78, 5) is 14.6. The molecular weight excluding hydrogens is 214 g/mol. The summed E-state index contributed by atoms with van der Waals surface area (Å²) in [5.74, 6) is 0. The van der Waals surface area contributed by atoms with E-state index in [0.717, 1.165) is 16.6 Å². The third kappa shape index (κ3) is 1.69. The Morgan fingerprint density at radius 3 is 2.94 bits per heavy atom. The van der Waals surface area contributed by atoms with Gasteiger partial charge < -0.3 is 0 Å². The van der Waals surface area contributed by atoms with Gasteiger partial charge in [0.15, 0.2) is 0 Å². The summed E-state index contributed by atoms with van der Waals surface area (Å²) in [7, 11) is 0. The number of aromatic nitrogens is 3. The lowest BCUT2D eigenvalue weighted by atomic mass is 10.2. The van der Waals surface area contributed by atoms with E-state index in [-0.39, 0.29) is 0 Å². The summed E-state index contributed by atoms with van der Waals surface area (Å²) < 4.78 is 1.74. The van der Waals surface area contributed by atoms with E-state index in [0.29, 0.717) is 5.56 Å². The number of benzene rings is 1. The first kappa shape index (κ1) is 9.72. The molecule has 1 aromatic carbocycles. The molecular formula is C13H8N3O. The molecule has 0 bridgehead atoms. The van der Waals surface area contributed by atoms with Crippen molar-refractivity contribution >= 4 is 17.2 Å². The molecule has 2 heterocycles. The van der Waals surface area contributed by atoms with E-state index in [2.05, 4.69) is 10.1 Å². The zero-order valence-electron chi connectivity index (χ0n) is 8.87. The molecule has 0 amide bonds. The molecule has 2 aromatic heterocycles. The molecule has 4 nitrogen and oxygen atoms in total. The predicted molar refractivity (Wildman–Crippen MR) is 63.7 cm³/mol. The van der Waals surface area contributed by atoms with Gasteiger partial charge in [0, 0.05) is 23.3 Å².